The standard InChI is InChI=1S/C25H26ClN5OS/c1-30(15-12-17-10-13-27-14-11-17)25(33)29-23-24(32)31(2)21-9-8-19(26)16-20(21)22(28-23)18-6-4-3-5-7-18/h3-10,13,16,23H,11-12,14-15H2,1-2H3,(H,29,33). The Morgan fingerprint density at radius 2 is 2.06 bits per heavy atom. The molecule has 2 aliphatic heterocycles. The predicted octanol–water partition coefficient (Wildman–Crippen LogP) is 4.08. The quantitative estimate of drug-likeness (QED) is 0.656. The Balaban J connectivity index is 1.60. The van der Waals surface area contributed by atoms with Crippen molar-refractivity contribution in [3.8, 4) is 0 Å². The molecule has 0 saturated heterocycles. The number of benzodiazepines with no additional fused rings is 1. The van der Waals surface area contributed by atoms with Gasteiger partial charge in [-0.05, 0) is 49.3 Å². The molecule has 0 aromatic heterocycles. The van der Waals surface area contributed by atoms with Gasteiger partial charge >= 0.3 is 0 Å². The number of likely N-dealkylation sites (N-methyl/N-ethyl adjacent to an activating group) is 1. The number of amides is 1. The average Bonchev–Trinajstić information content (AvgIpc) is 2.94. The van der Waals surface area contributed by atoms with Crippen LogP contribution in [0.1, 0.15) is 24.0 Å². The van der Waals surface area contributed by atoms with E-state index in [2.05, 4.69) is 16.4 Å². The fourth-order valence-electron chi connectivity index (χ4n) is 3.84. The van der Waals surface area contributed by atoms with Gasteiger partial charge in [0.05, 0.1) is 11.4 Å². The molecule has 1 unspecified atom stereocenters. The van der Waals surface area contributed by atoms with Crippen LogP contribution in [0.25, 0.3) is 0 Å². The van der Waals surface area contributed by atoms with Gasteiger partial charge in [-0.25, -0.2) is 4.99 Å². The van der Waals surface area contributed by atoms with Crippen molar-refractivity contribution >= 4 is 52.5 Å². The second kappa shape index (κ2) is 10.3. The molecule has 1 N–H and O–H groups in total. The number of dihydropyridines is 1. The number of hydrogen-bond donors (Lipinski definition) is 1. The van der Waals surface area contributed by atoms with Gasteiger partial charge in [-0.3, -0.25) is 9.79 Å². The van der Waals surface area contributed by atoms with E-state index in [1.165, 1.54) is 5.57 Å². The van der Waals surface area contributed by atoms with Crippen LogP contribution >= 0.6 is 23.8 Å². The largest absolute Gasteiger partial charge is 0.352 e. The van der Waals surface area contributed by atoms with Crippen LogP contribution in [0.5, 0.6) is 0 Å². The Morgan fingerprint density at radius 3 is 2.79 bits per heavy atom. The van der Waals surface area contributed by atoms with E-state index in [-0.39, 0.29) is 5.91 Å². The summed E-state index contributed by atoms with van der Waals surface area (Å²) in [6.45, 7) is 1.58. The summed E-state index contributed by atoms with van der Waals surface area (Å²) in [6, 6.07) is 15.3. The monoisotopic (exact) mass is 479 g/mol. The third kappa shape index (κ3) is 5.31. The Hall–Kier alpha value is -3.03. The Morgan fingerprint density at radius 1 is 1.27 bits per heavy atom. The lowest BCUT2D eigenvalue weighted by Gasteiger charge is -2.26. The minimum absolute atomic E-state index is 0.188. The fraction of sp³-hybridized carbons (Fsp3) is 0.280. The van der Waals surface area contributed by atoms with Crippen molar-refractivity contribution in [1.29, 1.82) is 0 Å². The molecule has 2 aromatic rings. The van der Waals surface area contributed by atoms with E-state index in [0.717, 1.165) is 42.7 Å². The third-order valence-corrected chi connectivity index (χ3v) is 6.46. The molecule has 0 fully saturated rings. The first-order valence-corrected chi connectivity index (χ1v) is 11.6. The van der Waals surface area contributed by atoms with Crippen LogP contribution in [-0.2, 0) is 4.79 Å². The highest BCUT2D eigenvalue weighted by atomic mass is 35.5. The summed E-state index contributed by atoms with van der Waals surface area (Å²) in [4.78, 5) is 26.0. The molecule has 2 aliphatic rings. The van der Waals surface area contributed by atoms with E-state index in [1.54, 1.807) is 18.0 Å². The summed E-state index contributed by atoms with van der Waals surface area (Å²) in [5.41, 5.74) is 4.50. The van der Waals surface area contributed by atoms with Gasteiger partial charge in [0.1, 0.15) is 0 Å². The zero-order valence-electron chi connectivity index (χ0n) is 18.7. The number of aliphatic imine (C=N–C) groups is 2. The highest BCUT2D eigenvalue weighted by Crippen LogP contribution is 2.29. The van der Waals surface area contributed by atoms with Gasteiger partial charge in [0.15, 0.2) is 5.11 Å². The Bertz CT molecular complexity index is 1140. The molecule has 8 heteroatoms. The van der Waals surface area contributed by atoms with E-state index in [0.29, 0.717) is 15.8 Å². The second-order valence-corrected chi connectivity index (χ2v) is 8.88. The molecule has 0 saturated carbocycles. The van der Waals surface area contributed by atoms with Gasteiger partial charge in [0.2, 0.25) is 6.17 Å². The summed E-state index contributed by atoms with van der Waals surface area (Å²) in [5, 5.41) is 4.24. The van der Waals surface area contributed by atoms with E-state index in [9.17, 15) is 4.79 Å². The molecule has 33 heavy (non-hydrogen) atoms. The highest BCUT2D eigenvalue weighted by molar-refractivity contribution is 7.80. The maximum atomic E-state index is 13.4. The first-order chi connectivity index (χ1) is 15.9. The SMILES string of the molecule is CN(CCC1=CC=NCC1)C(=S)NC1N=C(c2ccccc2)c2cc(Cl)ccc2N(C)C1=O. The van der Waals surface area contributed by atoms with Gasteiger partial charge in [-0.1, -0.05) is 47.5 Å². The maximum Gasteiger partial charge on any atom is 0.272 e. The van der Waals surface area contributed by atoms with Crippen molar-refractivity contribution < 1.29 is 4.79 Å². The molecule has 1 amide bonds. The van der Waals surface area contributed by atoms with Crippen LogP contribution < -0.4 is 10.2 Å². The number of anilines is 1. The number of carbonyl (C=O) groups is 1. The molecule has 0 bridgehead atoms. The lowest BCUT2D eigenvalue weighted by Crippen LogP contribution is -2.49. The molecule has 0 aliphatic carbocycles. The lowest BCUT2D eigenvalue weighted by atomic mass is 10.0. The normalized spacial score (nSPS) is 17.6. The molecular formula is C25H26ClN5OS. The molecule has 0 spiro atoms. The smallest absolute Gasteiger partial charge is 0.272 e. The Kier molecular flexibility index (Phi) is 7.20. The number of benzene rings is 2. The topological polar surface area (TPSA) is 60.3 Å². The average molecular weight is 480 g/mol. The Labute approximate surface area is 204 Å². The molecular weight excluding hydrogens is 454 g/mol. The molecule has 2 aromatic carbocycles. The summed E-state index contributed by atoms with van der Waals surface area (Å²) in [7, 11) is 3.67. The lowest BCUT2D eigenvalue weighted by molar-refractivity contribution is -0.119. The van der Waals surface area contributed by atoms with Gasteiger partial charge in [0, 0.05) is 49.5 Å². The number of carbonyl (C=O) groups excluding carboxylic acids is 1. The minimum atomic E-state index is -0.854. The van der Waals surface area contributed by atoms with Crippen molar-refractivity contribution in [2.24, 2.45) is 9.98 Å². The van der Waals surface area contributed by atoms with Crippen molar-refractivity contribution in [2.75, 3.05) is 32.1 Å². The number of thiocarbonyl (C=S) groups is 1. The minimum Gasteiger partial charge on any atom is -0.352 e. The number of halogens is 1. The second-order valence-electron chi connectivity index (χ2n) is 8.06. The number of rotatable bonds is 5. The van der Waals surface area contributed by atoms with Crippen LogP contribution in [-0.4, -0.2) is 61.2 Å². The zero-order valence-corrected chi connectivity index (χ0v) is 20.2. The summed E-state index contributed by atoms with van der Waals surface area (Å²) in [5.74, 6) is -0.188. The molecule has 2 heterocycles. The van der Waals surface area contributed by atoms with Crippen molar-refractivity contribution in [3.05, 3.63) is 76.3 Å². The van der Waals surface area contributed by atoms with Gasteiger partial charge in [-0.15, -0.1) is 0 Å². The summed E-state index contributed by atoms with van der Waals surface area (Å²) >= 11 is 11.9. The van der Waals surface area contributed by atoms with Crippen LogP contribution in [0.3, 0.4) is 0 Å². The van der Waals surface area contributed by atoms with Gasteiger partial charge in [-0.2, -0.15) is 0 Å². The van der Waals surface area contributed by atoms with E-state index >= 15 is 0 Å². The van der Waals surface area contributed by atoms with E-state index in [4.69, 9.17) is 28.8 Å². The molecule has 4 rings (SSSR count). The zero-order chi connectivity index (χ0) is 23.4. The number of allylic oxidation sites excluding steroid dienone is 1. The maximum absolute atomic E-state index is 13.4. The van der Waals surface area contributed by atoms with Crippen LogP contribution in [0.2, 0.25) is 5.02 Å². The molecule has 6 nitrogen and oxygen atoms in total. The van der Waals surface area contributed by atoms with Gasteiger partial charge < -0.3 is 15.1 Å². The number of fused-ring (bicyclic) bond motifs is 1. The van der Waals surface area contributed by atoms with Crippen LogP contribution in [0.15, 0.2) is 70.2 Å². The summed E-state index contributed by atoms with van der Waals surface area (Å²) < 4.78 is 0. The van der Waals surface area contributed by atoms with E-state index < -0.39 is 6.17 Å². The van der Waals surface area contributed by atoms with Crippen molar-refractivity contribution in [3.63, 3.8) is 0 Å². The van der Waals surface area contributed by atoms with E-state index in [1.807, 2.05) is 60.6 Å². The van der Waals surface area contributed by atoms with Gasteiger partial charge in [0.25, 0.3) is 5.91 Å². The van der Waals surface area contributed by atoms with Crippen LogP contribution in [0, 0.1) is 0 Å². The fourth-order valence-corrected chi connectivity index (χ4v) is 4.21. The number of nitrogens with one attached hydrogen (secondary N) is 1. The number of nitrogens with zero attached hydrogens (tertiary/aromatic N) is 4. The third-order valence-electron chi connectivity index (χ3n) is 5.80. The first-order valence-electron chi connectivity index (χ1n) is 10.8. The molecule has 0 radical (unpaired) electrons. The van der Waals surface area contributed by atoms with Crippen molar-refractivity contribution in [2.45, 2.75) is 19.0 Å². The first kappa shape index (κ1) is 23.1. The highest BCUT2D eigenvalue weighted by Gasteiger charge is 2.31. The predicted molar refractivity (Wildman–Crippen MR) is 140 cm³/mol. The molecule has 1 atom stereocenters. The van der Waals surface area contributed by atoms with Crippen LogP contribution in [0.4, 0.5) is 5.69 Å². The summed E-state index contributed by atoms with van der Waals surface area (Å²) in [6.07, 6.45) is 4.94. The van der Waals surface area contributed by atoms with Crippen molar-refractivity contribution in [1.82, 2.24) is 10.2 Å². The number of hydrogen-bond acceptors (Lipinski definition) is 4. The molecule has 170 valence electrons.